The number of aliphatic hydroxyl groups excluding tert-OH is 1. The molecule has 0 bridgehead atoms. The van der Waals surface area contributed by atoms with Crippen LogP contribution in [0.15, 0.2) is 20.0 Å². The van der Waals surface area contributed by atoms with E-state index in [-0.39, 0.29) is 12.0 Å². The van der Waals surface area contributed by atoms with Crippen LogP contribution in [0.1, 0.15) is 38.8 Å². The molecule has 0 amide bonds. The third kappa shape index (κ3) is 4.30. The molecule has 1 aromatic heterocycles. The van der Waals surface area contributed by atoms with E-state index in [0.717, 1.165) is 0 Å². The molecule has 0 saturated carbocycles. The molecule has 6 nitrogen and oxygen atoms in total. The minimum absolute atomic E-state index is 0.192. The number of thiazole rings is 1. The van der Waals surface area contributed by atoms with Crippen LogP contribution in [0.4, 0.5) is 0 Å². The Hall–Kier alpha value is -0.990. The first-order chi connectivity index (χ1) is 11.0. The summed E-state index contributed by atoms with van der Waals surface area (Å²) in [4.78, 5) is 13.5. The lowest BCUT2D eigenvalue weighted by Crippen LogP contribution is -2.40. The maximum Gasteiger partial charge on any atom is 0.212 e. The van der Waals surface area contributed by atoms with Crippen molar-refractivity contribution in [2.24, 2.45) is 15.9 Å². The first kappa shape index (κ1) is 18.4. The molecule has 2 rings (SSSR count). The van der Waals surface area contributed by atoms with Crippen LogP contribution in [-0.2, 0) is 9.47 Å². The van der Waals surface area contributed by atoms with Crippen LogP contribution < -0.4 is 0 Å². The van der Waals surface area contributed by atoms with Crippen LogP contribution in [0, 0.1) is 5.92 Å². The minimum atomic E-state index is -0.917. The number of hydrogen-bond donors (Lipinski definition) is 1. The van der Waals surface area contributed by atoms with Gasteiger partial charge in [0.05, 0.1) is 13.2 Å². The molecule has 1 aliphatic rings. The average molecular weight is 404 g/mol. The van der Waals surface area contributed by atoms with Gasteiger partial charge in [-0.1, -0.05) is 13.8 Å². The van der Waals surface area contributed by atoms with Gasteiger partial charge in [0.1, 0.15) is 21.8 Å². The normalized spacial score (nSPS) is 22.6. The van der Waals surface area contributed by atoms with Crippen molar-refractivity contribution in [2.75, 3.05) is 13.2 Å². The number of nitrogens with zero attached hydrogens (tertiary/aromatic N) is 3. The number of aliphatic hydroxyl groups is 1. The van der Waals surface area contributed by atoms with Crippen LogP contribution in [0.25, 0.3) is 0 Å². The maximum absolute atomic E-state index is 10.7. The quantitative estimate of drug-likeness (QED) is 0.818. The molecule has 0 aromatic carbocycles. The second-order valence-corrected chi connectivity index (χ2v) is 7.09. The molecule has 0 spiro atoms. The van der Waals surface area contributed by atoms with Crippen molar-refractivity contribution in [3.8, 4) is 0 Å². The molecule has 1 unspecified atom stereocenters. The van der Waals surface area contributed by atoms with Crippen molar-refractivity contribution in [2.45, 2.75) is 45.9 Å². The topological polar surface area (TPSA) is 76.3 Å². The van der Waals surface area contributed by atoms with Crippen molar-refractivity contribution >= 4 is 39.1 Å². The van der Waals surface area contributed by atoms with Crippen molar-refractivity contribution in [1.29, 1.82) is 0 Å². The van der Waals surface area contributed by atoms with Gasteiger partial charge in [-0.05, 0) is 35.7 Å². The predicted octanol–water partition coefficient (Wildman–Crippen LogP) is 3.22. The molecule has 8 heteroatoms. The van der Waals surface area contributed by atoms with Gasteiger partial charge in [0.15, 0.2) is 6.04 Å². The van der Waals surface area contributed by atoms with Gasteiger partial charge in [-0.15, -0.1) is 11.3 Å². The largest absolute Gasteiger partial charge is 0.480 e. The van der Waals surface area contributed by atoms with Crippen LogP contribution in [-0.4, -0.2) is 47.2 Å². The van der Waals surface area contributed by atoms with Gasteiger partial charge in [-0.2, -0.15) is 0 Å². The fourth-order valence-corrected chi connectivity index (χ4v) is 3.53. The molecule has 2 heterocycles. The van der Waals surface area contributed by atoms with Gasteiger partial charge in [0.25, 0.3) is 0 Å². The van der Waals surface area contributed by atoms with Crippen molar-refractivity contribution < 1.29 is 14.6 Å². The van der Waals surface area contributed by atoms with Crippen LogP contribution in [0.5, 0.6) is 0 Å². The molecular formula is C15H22BrN3O3S. The molecule has 3 atom stereocenters. The summed E-state index contributed by atoms with van der Waals surface area (Å²) in [7, 11) is 0. The zero-order valence-corrected chi connectivity index (χ0v) is 16.1. The summed E-state index contributed by atoms with van der Waals surface area (Å²) in [6.45, 7) is 8.88. The Balaban J connectivity index is 2.35. The molecule has 0 aliphatic carbocycles. The van der Waals surface area contributed by atoms with Gasteiger partial charge in [-0.3, -0.25) is 0 Å². The summed E-state index contributed by atoms with van der Waals surface area (Å²) in [6.07, 6.45) is -0.917. The van der Waals surface area contributed by atoms with Gasteiger partial charge in [0.2, 0.25) is 11.8 Å². The number of aliphatic imine (C=N–C) groups is 2. The Kier molecular flexibility index (Phi) is 6.55. The number of aromatic nitrogens is 1. The summed E-state index contributed by atoms with van der Waals surface area (Å²) in [5.41, 5.74) is 0. The molecule has 1 N–H and O–H groups in total. The summed E-state index contributed by atoms with van der Waals surface area (Å²) in [5.74, 6) is 1.21. The highest BCUT2D eigenvalue weighted by Crippen LogP contribution is 2.29. The number of halogens is 1. The van der Waals surface area contributed by atoms with Crippen LogP contribution >= 0.6 is 27.3 Å². The smallest absolute Gasteiger partial charge is 0.212 e. The molecule has 0 radical (unpaired) electrons. The highest BCUT2D eigenvalue weighted by molar-refractivity contribution is 9.10. The second kappa shape index (κ2) is 8.21. The molecule has 128 valence electrons. The van der Waals surface area contributed by atoms with Gasteiger partial charge in [-0.25, -0.2) is 15.0 Å². The fourth-order valence-electron chi connectivity index (χ4n) is 2.26. The van der Waals surface area contributed by atoms with E-state index in [2.05, 4.69) is 44.7 Å². The molecule has 0 saturated heterocycles. The Bertz CT molecular complexity index is 588. The third-order valence-corrected chi connectivity index (χ3v) is 4.93. The Morgan fingerprint density at radius 1 is 1.17 bits per heavy atom. The number of hydrogen-bond acceptors (Lipinski definition) is 7. The van der Waals surface area contributed by atoms with E-state index in [4.69, 9.17) is 9.47 Å². The molecule has 23 heavy (non-hydrogen) atoms. The SMILES string of the molecule is CCOC1=N[C@H](C(C)C)C(OCC)=N[C@H]1C(O)c1nc(Br)cs1. The van der Waals surface area contributed by atoms with E-state index in [9.17, 15) is 5.11 Å². The van der Waals surface area contributed by atoms with E-state index < -0.39 is 12.1 Å². The lowest BCUT2D eigenvalue weighted by atomic mass is 10.0. The summed E-state index contributed by atoms with van der Waals surface area (Å²) >= 11 is 4.67. The lowest BCUT2D eigenvalue weighted by molar-refractivity contribution is 0.150. The van der Waals surface area contributed by atoms with E-state index in [1.807, 2.05) is 19.2 Å². The number of rotatable bonds is 5. The van der Waals surface area contributed by atoms with Crippen LogP contribution in [0.2, 0.25) is 0 Å². The first-order valence-electron chi connectivity index (χ1n) is 7.67. The maximum atomic E-state index is 10.7. The van der Waals surface area contributed by atoms with Crippen molar-refractivity contribution in [3.05, 3.63) is 15.0 Å². The molecular weight excluding hydrogens is 382 g/mol. The Morgan fingerprint density at radius 2 is 1.74 bits per heavy atom. The standard InChI is InChI=1S/C15H22BrN3O3S/c1-5-21-13-10(8(3)4)18-14(22-6-2)11(19-13)12(20)15-17-9(16)7-23-15/h7-8,10-12,20H,5-6H2,1-4H3/t10-,11+,12?/m1/s1. The first-order valence-corrected chi connectivity index (χ1v) is 9.35. The highest BCUT2D eigenvalue weighted by Gasteiger charge is 2.37. The molecule has 1 aromatic rings. The zero-order valence-electron chi connectivity index (χ0n) is 13.7. The third-order valence-electron chi connectivity index (χ3n) is 3.30. The van der Waals surface area contributed by atoms with E-state index >= 15 is 0 Å². The van der Waals surface area contributed by atoms with E-state index in [0.29, 0.717) is 34.6 Å². The Labute approximate surface area is 148 Å². The second-order valence-electron chi connectivity index (χ2n) is 5.39. The minimum Gasteiger partial charge on any atom is -0.480 e. The summed E-state index contributed by atoms with van der Waals surface area (Å²) < 4.78 is 12.0. The van der Waals surface area contributed by atoms with Crippen molar-refractivity contribution in [3.63, 3.8) is 0 Å². The van der Waals surface area contributed by atoms with E-state index in [1.165, 1.54) is 11.3 Å². The van der Waals surface area contributed by atoms with Crippen molar-refractivity contribution in [1.82, 2.24) is 4.98 Å². The van der Waals surface area contributed by atoms with E-state index in [1.54, 1.807) is 0 Å². The average Bonchev–Trinajstić information content (AvgIpc) is 2.94. The summed E-state index contributed by atoms with van der Waals surface area (Å²) in [5, 5.41) is 13.1. The Morgan fingerprint density at radius 3 is 2.22 bits per heavy atom. The fraction of sp³-hybridized carbons (Fsp3) is 0.667. The molecule has 0 fully saturated rings. The monoisotopic (exact) mass is 403 g/mol. The molecule has 1 aliphatic heterocycles. The summed E-state index contributed by atoms with van der Waals surface area (Å²) in [6, 6.07) is -0.826. The number of ether oxygens (including phenoxy) is 2. The lowest BCUT2D eigenvalue weighted by Gasteiger charge is -2.29. The predicted molar refractivity (Wildman–Crippen MR) is 95.3 cm³/mol. The van der Waals surface area contributed by atoms with Gasteiger partial charge < -0.3 is 14.6 Å². The van der Waals surface area contributed by atoms with Gasteiger partial charge >= 0.3 is 0 Å². The van der Waals surface area contributed by atoms with Gasteiger partial charge in [0, 0.05) is 5.38 Å². The highest BCUT2D eigenvalue weighted by atomic mass is 79.9. The zero-order chi connectivity index (χ0) is 17.0. The van der Waals surface area contributed by atoms with Crippen LogP contribution in [0.3, 0.4) is 0 Å².